The van der Waals surface area contributed by atoms with Gasteiger partial charge in [0.15, 0.2) is 0 Å². The van der Waals surface area contributed by atoms with Gasteiger partial charge in [0.1, 0.15) is 0 Å². The number of alkyl halides is 2. The van der Waals surface area contributed by atoms with Crippen molar-refractivity contribution in [1.29, 1.82) is 0 Å². The fourth-order valence-corrected chi connectivity index (χ4v) is 3.33. The standard InChI is InChI=1S/C9H16Br2/c1-7(2,3)5-8(4)6-9(8,10)11/h5-6H2,1-4H3. The molecular weight excluding hydrogens is 268 g/mol. The molecule has 1 rings (SSSR count). The Kier molecular flexibility index (Phi) is 2.26. The van der Waals surface area contributed by atoms with Gasteiger partial charge in [-0.25, -0.2) is 0 Å². The number of hydrogen-bond donors (Lipinski definition) is 0. The van der Waals surface area contributed by atoms with E-state index in [2.05, 4.69) is 59.6 Å². The summed E-state index contributed by atoms with van der Waals surface area (Å²) in [5.74, 6) is 0. The Hall–Kier alpha value is 0.960. The monoisotopic (exact) mass is 282 g/mol. The molecule has 1 aliphatic rings. The molecule has 1 aliphatic carbocycles. The van der Waals surface area contributed by atoms with Gasteiger partial charge >= 0.3 is 0 Å². The summed E-state index contributed by atoms with van der Waals surface area (Å²) >= 11 is 7.36. The third-order valence-electron chi connectivity index (χ3n) is 2.29. The van der Waals surface area contributed by atoms with E-state index in [1.807, 2.05) is 0 Å². The van der Waals surface area contributed by atoms with Crippen molar-refractivity contribution < 1.29 is 0 Å². The van der Waals surface area contributed by atoms with E-state index < -0.39 is 0 Å². The van der Waals surface area contributed by atoms with Crippen LogP contribution in [0.15, 0.2) is 0 Å². The third kappa shape index (κ3) is 2.21. The predicted octanol–water partition coefficient (Wildman–Crippen LogP) is 4.32. The molecule has 2 heteroatoms. The lowest BCUT2D eigenvalue weighted by Gasteiger charge is -2.24. The summed E-state index contributed by atoms with van der Waals surface area (Å²) in [6.45, 7) is 9.23. The molecular formula is C9H16Br2. The van der Waals surface area contributed by atoms with Crippen LogP contribution < -0.4 is 0 Å². The minimum absolute atomic E-state index is 0.236. The van der Waals surface area contributed by atoms with E-state index >= 15 is 0 Å². The van der Waals surface area contributed by atoms with Gasteiger partial charge in [0, 0.05) is 0 Å². The van der Waals surface area contributed by atoms with Crippen LogP contribution in [-0.2, 0) is 0 Å². The van der Waals surface area contributed by atoms with Gasteiger partial charge in [-0.2, -0.15) is 0 Å². The van der Waals surface area contributed by atoms with Gasteiger partial charge in [0.25, 0.3) is 0 Å². The van der Waals surface area contributed by atoms with E-state index in [4.69, 9.17) is 0 Å². The van der Waals surface area contributed by atoms with Crippen LogP contribution in [0.2, 0.25) is 0 Å². The molecule has 1 unspecified atom stereocenters. The Morgan fingerprint density at radius 3 is 1.73 bits per heavy atom. The average Bonchev–Trinajstić information content (AvgIpc) is 1.96. The second kappa shape index (κ2) is 2.47. The normalized spacial score (nSPS) is 35.5. The molecule has 0 saturated heterocycles. The Bertz CT molecular complexity index is 167. The van der Waals surface area contributed by atoms with E-state index in [0.29, 0.717) is 10.8 Å². The minimum atomic E-state index is 0.236. The average molecular weight is 284 g/mol. The molecule has 11 heavy (non-hydrogen) atoms. The summed E-state index contributed by atoms with van der Waals surface area (Å²) in [6, 6.07) is 0. The van der Waals surface area contributed by atoms with Crippen LogP contribution in [-0.4, -0.2) is 3.23 Å². The maximum atomic E-state index is 3.68. The highest BCUT2D eigenvalue weighted by Gasteiger charge is 2.62. The second-order valence-corrected chi connectivity index (χ2v) is 8.95. The summed E-state index contributed by atoms with van der Waals surface area (Å²) in [7, 11) is 0. The van der Waals surface area contributed by atoms with Crippen molar-refractivity contribution in [2.75, 3.05) is 0 Å². The molecule has 1 fully saturated rings. The lowest BCUT2D eigenvalue weighted by atomic mass is 9.84. The highest BCUT2D eigenvalue weighted by molar-refractivity contribution is 9.25. The van der Waals surface area contributed by atoms with Gasteiger partial charge in [-0.1, -0.05) is 59.6 Å². The van der Waals surface area contributed by atoms with Crippen molar-refractivity contribution in [3.8, 4) is 0 Å². The first-order valence-electron chi connectivity index (χ1n) is 4.04. The maximum absolute atomic E-state index is 3.68. The van der Waals surface area contributed by atoms with E-state index in [0.717, 1.165) is 0 Å². The van der Waals surface area contributed by atoms with Crippen LogP contribution in [0.4, 0.5) is 0 Å². The zero-order valence-corrected chi connectivity index (χ0v) is 10.8. The third-order valence-corrected chi connectivity index (χ3v) is 4.77. The lowest BCUT2D eigenvalue weighted by molar-refractivity contribution is 0.293. The topological polar surface area (TPSA) is 0 Å². The summed E-state index contributed by atoms with van der Waals surface area (Å²) in [4.78, 5) is 0. The van der Waals surface area contributed by atoms with Crippen molar-refractivity contribution in [1.82, 2.24) is 0 Å². The summed E-state index contributed by atoms with van der Waals surface area (Å²) in [5, 5.41) is 0. The van der Waals surface area contributed by atoms with Gasteiger partial charge in [-0.05, 0) is 23.7 Å². The van der Waals surface area contributed by atoms with Crippen LogP contribution in [0.3, 0.4) is 0 Å². The van der Waals surface area contributed by atoms with E-state index in [-0.39, 0.29) is 3.23 Å². The van der Waals surface area contributed by atoms with Crippen LogP contribution in [0.25, 0.3) is 0 Å². The molecule has 0 bridgehead atoms. The van der Waals surface area contributed by atoms with E-state index in [1.54, 1.807) is 0 Å². The molecule has 1 atom stereocenters. The van der Waals surface area contributed by atoms with Crippen molar-refractivity contribution >= 4 is 31.9 Å². The predicted molar refractivity (Wildman–Crippen MR) is 57.4 cm³/mol. The Labute approximate surface area is 86.4 Å². The molecule has 66 valence electrons. The van der Waals surface area contributed by atoms with Crippen molar-refractivity contribution in [3.63, 3.8) is 0 Å². The summed E-state index contributed by atoms with van der Waals surface area (Å²) in [5.41, 5.74) is 0.906. The highest BCUT2D eigenvalue weighted by Crippen LogP contribution is 2.69. The van der Waals surface area contributed by atoms with Crippen LogP contribution in [0.5, 0.6) is 0 Å². The van der Waals surface area contributed by atoms with Gasteiger partial charge in [-0.15, -0.1) is 0 Å². The van der Waals surface area contributed by atoms with Gasteiger partial charge in [-0.3, -0.25) is 0 Å². The zero-order valence-electron chi connectivity index (χ0n) is 7.67. The van der Waals surface area contributed by atoms with Crippen molar-refractivity contribution in [2.45, 2.75) is 43.8 Å². The molecule has 0 aromatic heterocycles. The van der Waals surface area contributed by atoms with E-state index in [1.165, 1.54) is 12.8 Å². The van der Waals surface area contributed by atoms with E-state index in [9.17, 15) is 0 Å². The Morgan fingerprint density at radius 2 is 1.64 bits per heavy atom. The number of rotatable bonds is 1. The molecule has 0 amide bonds. The Balaban J connectivity index is 2.54. The molecule has 0 aromatic carbocycles. The summed E-state index contributed by atoms with van der Waals surface area (Å²) in [6.07, 6.45) is 2.52. The fraction of sp³-hybridized carbons (Fsp3) is 1.00. The molecule has 1 saturated carbocycles. The van der Waals surface area contributed by atoms with Gasteiger partial charge in [0.2, 0.25) is 0 Å². The number of hydrogen-bond acceptors (Lipinski definition) is 0. The smallest absolute Gasteiger partial charge is 0.0721 e. The lowest BCUT2D eigenvalue weighted by Crippen LogP contribution is -2.15. The molecule has 0 radical (unpaired) electrons. The minimum Gasteiger partial charge on any atom is -0.0721 e. The van der Waals surface area contributed by atoms with Crippen molar-refractivity contribution in [2.24, 2.45) is 10.8 Å². The first kappa shape index (κ1) is 10.0. The molecule has 0 nitrogen and oxygen atoms in total. The molecule has 0 N–H and O–H groups in total. The highest BCUT2D eigenvalue weighted by atomic mass is 79.9. The fourth-order valence-electron chi connectivity index (χ4n) is 1.81. The first-order valence-corrected chi connectivity index (χ1v) is 5.63. The maximum Gasteiger partial charge on any atom is 0.0865 e. The molecule has 0 spiro atoms. The van der Waals surface area contributed by atoms with Gasteiger partial charge in [0.05, 0.1) is 3.23 Å². The molecule has 0 aliphatic heterocycles. The van der Waals surface area contributed by atoms with Crippen LogP contribution in [0.1, 0.15) is 40.5 Å². The Morgan fingerprint density at radius 1 is 1.27 bits per heavy atom. The SMILES string of the molecule is CC(C)(C)CC1(C)CC1(Br)Br. The number of halogens is 2. The second-order valence-electron chi connectivity index (χ2n) is 5.18. The summed E-state index contributed by atoms with van der Waals surface area (Å²) < 4.78 is 0.236. The van der Waals surface area contributed by atoms with Crippen molar-refractivity contribution in [3.05, 3.63) is 0 Å². The van der Waals surface area contributed by atoms with Crippen LogP contribution in [0, 0.1) is 10.8 Å². The van der Waals surface area contributed by atoms with Gasteiger partial charge < -0.3 is 0 Å². The molecule has 0 heterocycles. The quantitative estimate of drug-likeness (QED) is 0.629. The first-order chi connectivity index (χ1) is 4.66. The van der Waals surface area contributed by atoms with Crippen LogP contribution >= 0.6 is 31.9 Å². The largest absolute Gasteiger partial charge is 0.0865 e. The zero-order chi connectivity index (χ0) is 8.91. The molecule has 0 aromatic rings.